The van der Waals surface area contributed by atoms with Crippen molar-refractivity contribution in [2.75, 3.05) is 13.1 Å². The molecule has 1 heterocycles. The maximum absolute atomic E-state index is 13.0. The van der Waals surface area contributed by atoms with Gasteiger partial charge in [0.25, 0.3) is 0 Å². The Bertz CT molecular complexity index is 711. The van der Waals surface area contributed by atoms with Crippen molar-refractivity contribution in [1.82, 2.24) is 10.2 Å². The molecule has 0 spiro atoms. The van der Waals surface area contributed by atoms with E-state index in [4.69, 9.17) is 0 Å². The Morgan fingerprint density at radius 1 is 1.23 bits per heavy atom. The molecule has 1 fully saturated rings. The van der Waals surface area contributed by atoms with Crippen molar-refractivity contribution >= 4 is 17.4 Å². The molecule has 1 saturated heterocycles. The maximum atomic E-state index is 13.0. The zero-order valence-electron chi connectivity index (χ0n) is 14.9. The fraction of sp³-hybridized carbons (Fsp3) is 0.429. The van der Waals surface area contributed by atoms with Crippen molar-refractivity contribution < 1.29 is 14.0 Å². The molecule has 5 heteroatoms. The van der Waals surface area contributed by atoms with Crippen LogP contribution < -0.4 is 5.32 Å². The predicted molar refractivity (Wildman–Crippen MR) is 99.7 cm³/mol. The van der Waals surface area contributed by atoms with Crippen LogP contribution in [0.5, 0.6) is 0 Å². The summed E-state index contributed by atoms with van der Waals surface area (Å²) in [6, 6.07) is 6.67. The molecule has 3 rings (SSSR count). The molecule has 26 heavy (non-hydrogen) atoms. The molecule has 4 nitrogen and oxygen atoms in total. The van der Waals surface area contributed by atoms with Gasteiger partial charge in [-0.05, 0) is 61.4 Å². The number of hydrogen-bond acceptors (Lipinski definition) is 2. The molecule has 2 amide bonds. The van der Waals surface area contributed by atoms with E-state index >= 15 is 0 Å². The second-order valence-corrected chi connectivity index (χ2v) is 7.04. The Morgan fingerprint density at radius 3 is 2.65 bits per heavy atom. The molecule has 1 aliphatic carbocycles. The molecule has 1 aromatic carbocycles. The summed E-state index contributed by atoms with van der Waals surface area (Å²) in [6.07, 6.45) is 7.62. The highest BCUT2D eigenvalue weighted by Crippen LogP contribution is 2.27. The SMILES string of the molecule is C=CC(=O)N1CCCC(C(=O)NC2CC=C(c3ccc(F)cc3)CC2)C1. The molecule has 1 aliphatic heterocycles. The van der Waals surface area contributed by atoms with Crippen molar-refractivity contribution in [1.29, 1.82) is 0 Å². The van der Waals surface area contributed by atoms with Gasteiger partial charge in [0.2, 0.25) is 11.8 Å². The zero-order chi connectivity index (χ0) is 18.5. The summed E-state index contributed by atoms with van der Waals surface area (Å²) in [6.45, 7) is 4.69. The minimum Gasteiger partial charge on any atom is -0.353 e. The van der Waals surface area contributed by atoms with E-state index < -0.39 is 0 Å². The quantitative estimate of drug-likeness (QED) is 0.842. The molecular weight excluding hydrogens is 331 g/mol. The first-order valence-corrected chi connectivity index (χ1v) is 9.23. The van der Waals surface area contributed by atoms with E-state index in [-0.39, 0.29) is 29.6 Å². The monoisotopic (exact) mass is 356 g/mol. The smallest absolute Gasteiger partial charge is 0.245 e. The molecule has 0 aromatic heterocycles. The average molecular weight is 356 g/mol. The van der Waals surface area contributed by atoms with Gasteiger partial charge in [-0.2, -0.15) is 0 Å². The van der Waals surface area contributed by atoms with E-state index in [2.05, 4.69) is 18.0 Å². The summed E-state index contributed by atoms with van der Waals surface area (Å²) >= 11 is 0. The van der Waals surface area contributed by atoms with Crippen LogP contribution in [0.2, 0.25) is 0 Å². The van der Waals surface area contributed by atoms with Crippen LogP contribution in [0, 0.1) is 11.7 Å². The van der Waals surface area contributed by atoms with Gasteiger partial charge in [-0.15, -0.1) is 0 Å². The van der Waals surface area contributed by atoms with Gasteiger partial charge in [0, 0.05) is 19.1 Å². The third kappa shape index (κ3) is 4.40. The molecule has 0 saturated carbocycles. The summed E-state index contributed by atoms with van der Waals surface area (Å²) in [7, 11) is 0. The Morgan fingerprint density at radius 2 is 2.00 bits per heavy atom. The summed E-state index contributed by atoms with van der Waals surface area (Å²) in [5.74, 6) is -0.441. The molecule has 0 radical (unpaired) electrons. The fourth-order valence-corrected chi connectivity index (χ4v) is 3.73. The van der Waals surface area contributed by atoms with Crippen molar-refractivity contribution in [2.24, 2.45) is 5.92 Å². The fourth-order valence-electron chi connectivity index (χ4n) is 3.73. The highest BCUT2D eigenvalue weighted by molar-refractivity contribution is 5.88. The van der Waals surface area contributed by atoms with Gasteiger partial charge in [-0.25, -0.2) is 4.39 Å². The lowest BCUT2D eigenvalue weighted by atomic mass is 9.90. The first-order valence-electron chi connectivity index (χ1n) is 9.23. The predicted octanol–water partition coefficient (Wildman–Crippen LogP) is 3.30. The number of carbonyl (C=O) groups is 2. The lowest BCUT2D eigenvalue weighted by Crippen LogP contribution is -2.47. The number of allylic oxidation sites excluding steroid dienone is 1. The number of amides is 2. The lowest BCUT2D eigenvalue weighted by molar-refractivity contribution is -0.132. The van der Waals surface area contributed by atoms with Crippen molar-refractivity contribution in [3.8, 4) is 0 Å². The molecule has 0 bridgehead atoms. The first-order chi connectivity index (χ1) is 12.6. The molecule has 1 aromatic rings. The van der Waals surface area contributed by atoms with Crippen LogP contribution in [0.3, 0.4) is 0 Å². The zero-order valence-corrected chi connectivity index (χ0v) is 14.9. The van der Waals surface area contributed by atoms with Gasteiger partial charge in [0.1, 0.15) is 5.82 Å². The number of nitrogens with zero attached hydrogens (tertiary/aromatic N) is 1. The van der Waals surface area contributed by atoms with Crippen LogP contribution in [-0.2, 0) is 9.59 Å². The van der Waals surface area contributed by atoms with E-state index in [0.29, 0.717) is 13.1 Å². The minimum absolute atomic E-state index is 0.0372. The van der Waals surface area contributed by atoms with Crippen LogP contribution >= 0.6 is 0 Å². The van der Waals surface area contributed by atoms with Crippen molar-refractivity contribution in [3.05, 3.63) is 54.4 Å². The number of likely N-dealkylation sites (tertiary alicyclic amines) is 1. The number of nitrogens with one attached hydrogen (secondary N) is 1. The first kappa shape index (κ1) is 18.4. The standard InChI is InChI=1S/C21H25FN2O2/c1-2-20(25)24-13-3-4-17(14-24)21(26)23-19-11-7-16(8-12-19)15-5-9-18(22)10-6-15/h2,5-7,9-10,17,19H,1,3-4,8,11-14H2,(H,23,26). The van der Waals surface area contributed by atoms with E-state index in [1.807, 2.05) is 0 Å². The molecule has 1 N–H and O–H groups in total. The second-order valence-electron chi connectivity index (χ2n) is 7.04. The van der Waals surface area contributed by atoms with Crippen LogP contribution in [0.15, 0.2) is 43.0 Å². The van der Waals surface area contributed by atoms with Gasteiger partial charge in [-0.3, -0.25) is 9.59 Å². The van der Waals surface area contributed by atoms with Crippen LogP contribution in [0.4, 0.5) is 4.39 Å². The van der Waals surface area contributed by atoms with Gasteiger partial charge < -0.3 is 10.2 Å². The average Bonchev–Trinajstić information content (AvgIpc) is 2.68. The Hall–Kier alpha value is -2.43. The number of carbonyl (C=O) groups excluding carboxylic acids is 2. The van der Waals surface area contributed by atoms with E-state index in [9.17, 15) is 14.0 Å². The number of hydrogen-bond donors (Lipinski definition) is 1. The normalized spacial score (nSPS) is 23.1. The number of rotatable bonds is 4. The van der Waals surface area contributed by atoms with Gasteiger partial charge >= 0.3 is 0 Å². The highest BCUT2D eigenvalue weighted by Gasteiger charge is 2.29. The van der Waals surface area contributed by atoms with Gasteiger partial charge in [0.15, 0.2) is 0 Å². The maximum Gasteiger partial charge on any atom is 0.245 e. The van der Waals surface area contributed by atoms with Crippen LogP contribution in [0.1, 0.15) is 37.7 Å². The van der Waals surface area contributed by atoms with Crippen LogP contribution in [-0.4, -0.2) is 35.8 Å². The van der Waals surface area contributed by atoms with E-state index in [1.165, 1.54) is 23.8 Å². The van der Waals surface area contributed by atoms with Crippen LogP contribution in [0.25, 0.3) is 5.57 Å². The largest absolute Gasteiger partial charge is 0.353 e. The highest BCUT2D eigenvalue weighted by atomic mass is 19.1. The van der Waals surface area contributed by atoms with E-state index in [1.54, 1.807) is 17.0 Å². The lowest BCUT2D eigenvalue weighted by Gasteiger charge is -2.32. The van der Waals surface area contributed by atoms with Crippen molar-refractivity contribution in [2.45, 2.75) is 38.1 Å². The number of piperidine rings is 1. The molecule has 2 unspecified atom stereocenters. The van der Waals surface area contributed by atoms with Gasteiger partial charge in [0.05, 0.1) is 5.92 Å². The third-order valence-electron chi connectivity index (χ3n) is 5.25. The summed E-state index contributed by atoms with van der Waals surface area (Å²) in [4.78, 5) is 26.0. The van der Waals surface area contributed by atoms with E-state index in [0.717, 1.165) is 37.7 Å². The second kappa shape index (κ2) is 8.30. The molecule has 2 aliphatic rings. The Labute approximate surface area is 153 Å². The topological polar surface area (TPSA) is 49.4 Å². The summed E-state index contributed by atoms with van der Waals surface area (Å²) in [5.41, 5.74) is 2.25. The molecule has 2 atom stereocenters. The number of benzene rings is 1. The Kier molecular flexibility index (Phi) is 5.86. The van der Waals surface area contributed by atoms with Crippen molar-refractivity contribution in [3.63, 3.8) is 0 Å². The third-order valence-corrected chi connectivity index (χ3v) is 5.25. The summed E-state index contributed by atoms with van der Waals surface area (Å²) < 4.78 is 13.0. The number of halogens is 1. The Balaban J connectivity index is 1.53. The minimum atomic E-state index is -0.230. The molecular formula is C21H25FN2O2. The molecule has 138 valence electrons. The summed E-state index contributed by atoms with van der Waals surface area (Å²) in [5, 5.41) is 3.14. The van der Waals surface area contributed by atoms with Gasteiger partial charge in [-0.1, -0.05) is 24.8 Å².